The predicted octanol–water partition coefficient (Wildman–Crippen LogP) is 6.60. The Hall–Kier alpha value is -2.58. The SMILES string of the molecule is C=C1CCCC(C(C)NC(=O)CN2CCC(Cc3ccccn3)CC2)C1.CCC(=O)C1CCN(CC(=O)NC2CCC(CC)CC2C)CC1. The van der Waals surface area contributed by atoms with Crippen LogP contribution >= 0.6 is 0 Å². The molecule has 2 aliphatic carbocycles. The van der Waals surface area contributed by atoms with E-state index in [2.05, 4.69) is 64.9 Å². The smallest absolute Gasteiger partial charge is 0.234 e. The number of piperidine rings is 2. The number of Topliss-reactive ketones (excluding diaryl/α,β-unsaturated/α-hetero) is 1. The van der Waals surface area contributed by atoms with Gasteiger partial charge in [0.25, 0.3) is 0 Å². The van der Waals surface area contributed by atoms with Crippen molar-refractivity contribution in [1.82, 2.24) is 25.4 Å². The number of aromatic nitrogens is 1. The highest BCUT2D eigenvalue weighted by Gasteiger charge is 2.30. The first-order chi connectivity index (χ1) is 23.6. The van der Waals surface area contributed by atoms with Crippen LogP contribution in [0.1, 0.15) is 117 Å². The molecule has 2 N–H and O–H groups in total. The maximum Gasteiger partial charge on any atom is 0.234 e. The van der Waals surface area contributed by atoms with Gasteiger partial charge in [-0.1, -0.05) is 45.4 Å². The molecule has 5 unspecified atom stereocenters. The van der Waals surface area contributed by atoms with Crippen LogP contribution in [0.5, 0.6) is 0 Å². The zero-order chi connectivity index (χ0) is 35.2. The summed E-state index contributed by atoms with van der Waals surface area (Å²) < 4.78 is 0. The molecule has 4 fully saturated rings. The molecule has 2 aliphatic heterocycles. The third-order valence-corrected chi connectivity index (χ3v) is 12.0. The number of nitrogens with zero attached hydrogens (tertiary/aromatic N) is 3. The molecule has 4 aliphatic rings. The first kappa shape index (κ1) is 39.2. The highest BCUT2D eigenvalue weighted by molar-refractivity contribution is 5.81. The monoisotopic (exact) mass is 678 g/mol. The lowest BCUT2D eigenvalue weighted by Gasteiger charge is -2.35. The molecule has 1 aromatic rings. The van der Waals surface area contributed by atoms with E-state index in [0.717, 1.165) is 83.5 Å². The minimum atomic E-state index is 0.164. The minimum absolute atomic E-state index is 0.164. The zero-order valence-electron chi connectivity index (χ0n) is 31.3. The van der Waals surface area contributed by atoms with Crippen molar-refractivity contribution in [1.29, 1.82) is 0 Å². The molecule has 3 heterocycles. The van der Waals surface area contributed by atoms with Gasteiger partial charge in [-0.05, 0) is 146 Å². The summed E-state index contributed by atoms with van der Waals surface area (Å²) in [5.74, 6) is 3.63. The third-order valence-electron chi connectivity index (χ3n) is 12.0. The molecule has 1 aromatic heterocycles. The molecule has 0 bridgehead atoms. The van der Waals surface area contributed by atoms with Crippen molar-refractivity contribution in [3.8, 4) is 0 Å². The highest BCUT2D eigenvalue weighted by atomic mass is 16.2. The van der Waals surface area contributed by atoms with E-state index in [-0.39, 0.29) is 23.8 Å². The van der Waals surface area contributed by atoms with Gasteiger partial charge in [-0.25, -0.2) is 0 Å². The van der Waals surface area contributed by atoms with E-state index in [1.165, 1.54) is 43.4 Å². The second-order valence-electron chi connectivity index (χ2n) is 15.8. The molecular formula is C41H67N5O3. The molecule has 0 radical (unpaired) electrons. The fraction of sp³-hybridized carbons (Fsp3) is 0.756. The standard InChI is InChI=1S/C22H33N3O.C19H34N2O2/c1-17-6-5-7-20(14-17)18(2)24-22(26)16-25-12-9-19(10-13-25)15-21-8-3-4-11-23-21;1-4-15-6-7-17(14(3)12-15)20-19(23)13-21-10-8-16(9-11-21)18(22)5-2/h3-4,8,11,18-20H,1,5-7,9-10,12-16H2,2H3,(H,24,26);14-17H,4-13H2,1-3H3,(H,20,23). The van der Waals surface area contributed by atoms with Gasteiger partial charge in [0.05, 0.1) is 13.1 Å². The largest absolute Gasteiger partial charge is 0.352 e. The number of pyridine rings is 1. The van der Waals surface area contributed by atoms with Crippen LogP contribution in [0.4, 0.5) is 0 Å². The zero-order valence-corrected chi connectivity index (χ0v) is 31.3. The van der Waals surface area contributed by atoms with Crippen molar-refractivity contribution in [3.05, 3.63) is 42.2 Å². The Balaban J connectivity index is 0.000000223. The van der Waals surface area contributed by atoms with Gasteiger partial charge in [-0.3, -0.25) is 29.2 Å². The van der Waals surface area contributed by atoms with Crippen molar-refractivity contribution in [2.45, 2.75) is 130 Å². The van der Waals surface area contributed by atoms with Crippen LogP contribution < -0.4 is 10.6 Å². The fourth-order valence-electron chi connectivity index (χ4n) is 8.65. The molecule has 274 valence electrons. The Kier molecular flexibility index (Phi) is 16.3. The van der Waals surface area contributed by atoms with E-state index in [9.17, 15) is 14.4 Å². The molecule has 49 heavy (non-hydrogen) atoms. The van der Waals surface area contributed by atoms with Crippen molar-refractivity contribution < 1.29 is 14.4 Å². The molecule has 2 saturated heterocycles. The van der Waals surface area contributed by atoms with Crippen LogP contribution in [0.25, 0.3) is 0 Å². The van der Waals surface area contributed by atoms with Crippen LogP contribution in [0, 0.1) is 29.6 Å². The van der Waals surface area contributed by atoms with Gasteiger partial charge >= 0.3 is 0 Å². The van der Waals surface area contributed by atoms with E-state index < -0.39 is 0 Å². The normalized spacial score (nSPS) is 26.7. The topological polar surface area (TPSA) is 94.6 Å². The number of carbonyl (C=O) groups is 3. The molecule has 2 amide bonds. The number of amides is 2. The number of hydrogen-bond donors (Lipinski definition) is 2. The van der Waals surface area contributed by atoms with Crippen molar-refractivity contribution >= 4 is 17.6 Å². The van der Waals surface area contributed by atoms with Crippen molar-refractivity contribution in [2.75, 3.05) is 39.3 Å². The van der Waals surface area contributed by atoms with E-state index >= 15 is 0 Å². The Morgan fingerprint density at radius 2 is 1.61 bits per heavy atom. The average Bonchev–Trinajstić information content (AvgIpc) is 3.10. The van der Waals surface area contributed by atoms with E-state index in [0.29, 0.717) is 49.1 Å². The Morgan fingerprint density at radius 1 is 0.918 bits per heavy atom. The van der Waals surface area contributed by atoms with Gasteiger partial charge in [-0.2, -0.15) is 0 Å². The second kappa shape index (κ2) is 20.3. The van der Waals surface area contributed by atoms with Gasteiger partial charge in [-0.15, -0.1) is 0 Å². The Morgan fingerprint density at radius 3 is 2.22 bits per heavy atom. The maximum absolute atomic E-state index is 12.4. The van der Waals surface area contributed by atoms with Gasteiger partial charge in [0.15, 0.2) is 0 Å². The summed E-state index contributed by atoms with van der Waals surface area (Å²) in [6.45, 7) is 17.6. The fourth-order valence-corrected chi connectivity index (χ4v) is 8.65. The quantitative estimate of drug-likeness (QED) is 0.243. The lowest BCUT2D eigenvalue weighted by molar-refractivity contribution is -0.126. The van der Waals surface area contributed by atoms with E-state index in [1.807, 2.05) is 19.2 Å². The molecule has 8 nitrogen and oxygen atoms in total. The maximum atomic E-state index is 12.4. The third kappa shape index (κ3) is 13.2. The highest BCUT2D eigenvalue weighted by Crippen LogP contribution is 2.31. The number of allylic oxidation sites excluding steroid dienone is 1. The van der Waals surface area contributed by atoms with Gasteiger partial charge in [0.2, 0.25) is 11.8 Å². The summed E-state index contributed by atoms with van der Waals surface area (Å²) in [5, 5.41) is 6.49. The van der Waals surface area contributed by atoms with Crippen LogP contribution in [0.15, 0.2) is 36.5 Å². The summed E-state index contributed by atoms with van der Waals surface area (Å²) >= 11 is 0. The van der Waals surface area contributed by atoms with E-state index in [4.69, 9.17) is 0 Å². The van der Waals surface area contributed by atoms with Gasteiger partial charge in [0, 0.05) is 36.3 Å². The van der Waals surface area contributed by atoms with Crippen LogP contribution in [-0.4, -0.2) is 83.7 Å². The van der Waals surface area contributed by atoms with Crippen LogP contribution in [0.3, 0.4) is 0 Å². The van der Waals surface area contributed by atoms with Crippen molar-refractivity contribution in [2.24, 2.45) is 29.6 Å². The summed E-state index contributed by atoms with van der Waals surface area (Å²) in [5.41, 5.74) is 2.53. The minimum Gasteiger partial charge on any atom is -0.352 e. The van der Waals surface area contributed by atoms with Gasteiger partial charge in [0.1, 0.15) is 5.78 Å². The lowest BCUT2D eigenvalue weighted by Crippen LogP contribution is -2.48. The van der Waals surface area contributed by atoms with Crippen LogP contribution in [-0.2, 0) is 20.8 Å². The summed E-state index contributed by atoms with van der Waals surface area (Å²) in [4.78, 5) is 45.5. The molecule has 2 saturated carbocycles. The Bertz CT molecular complexity index is 1170. The predicted molar refractivity (Wildman–Crippen MR) is 199 cm³/mol. The van der Waals surface area contributed by atoms with Gasteiger partial charge < -0.3 is 10.6 Å². The average molecular weight is 678 g/mol. The molecule has 5 rings (SSSR count). The van der Waals surface area contributed by atoms with Crippen molar-refractivity contribution in [3.63, 3.8) is 0 Å². The molecule has 0 aromatic carbocycles. The second-order valence-corrected chi connectivity index (χ2v) is 15.8. The summed E-state index contributed by atoms with van der Waals surface area (Å²) in [7, 11) is 0. The number of carbonyl (C=O) groups excluding carboxylic acids is 3. The van der Waals surface area contributed by atoms with Crippen LogP contribution in [0.2, 0.25) is 0 Å². The Labute approximate surface area is 297 Å². The van der Waals surface area contributed by atoms with E-state index in [1.54, 1.807) is 0 Å². The molecule has 8 heteroatoms. The number of likely N-dealkylation sites (tertiary alicyclic amines) is 2. The summed E-state index contributed by atoms with van der Waals surface area (Å²) in [6.07, 6.45) is 17.2. The number of hydrogen-bond acceptors (Lipinski definition) is 6. The number of rotatable bonds is 12. The molecular weight excluding hydrogens is 610 g/mol. The molecule has 0 spiro atoms. The first-order valence-electron chi connectivity index (χ1n) is 19.8. The number of ketones is 1. The number of nitrogens with one attached hydrogen (secondary N) is 2. The molecule has 5 atom stereocenters. The lowest BCUT2D eigenvalue weighted by atomic mass is 9.78. The summed E-state index contributed by atoms with van der Waals surface area (Å²) in [6, 6.07) is 6.74. The first-order valence-corrected chi connectivity index (χ1v) is 19.8.